The third-order valence-electron chi connectivity index (χ3n) is 4.33. The molecule has 0 atom stereocenters. The van der Waals surface area contributed by atoms with Gasteiger partial charge in [0.2, 0.25) is 4.96 Å². The minimum atomic E-state index is 0.559. The van der Waals surface area contributed by atoms with Gasteiger partial charge in [-0.3, -0.25) is 4.98 Å². The fraction of sp³-hybridized carbons (Fsp3) is 0.0526. The standard InChI is InChI=1S/C19H11Cl2N5OS/c1-27-12-5-2-10(3-6-12)17-23-24-19-26(17)25-18(28-19)14-9-22-15-7-4-11(20)8-13(15)16(14)21/h2-9H,1H3. The van der Waals surface area contributed by atoms with E-state index in [1.807, 2.05) is 30.3 Å². The molecule has 0 unspecified atom stereocenters. The van der Waals surface area contributed by atoms with E-state index in [2.05, 4.69) is 20.3 Å². The van der Waals surface area contributed by atoms with Gasteiger partial charge in [0, 0.05) is 22.2 Å². The van der Waals surface area contributed by atoms with Crippen LogP contribution in [0.4, 0.5) is 0 Å². The van der Waals surface area contributed by atoms with Gasteiger partial charge in [-0.2, -0.15) is 9.61 Å². The Morgan fingerprint density at radius 1 is 1.04 bits per heavy atom. The van der Waals surface area contributed by atoms with Crippen LogP contribution in [0.1, 0.15) is 0 Å². The van der Waals surface area contributed by atoms with Crippen molar-refractivity contribution in [2.45, 2.75) is 0 Å². The molecule has 0 aliphatic carbocycles. The molecule has 0 amide bonds. The molecular weight excluding hydrogens is 417 g/mol. The number of methoxy groups -OCH3 is 1. The second-order valence-electron chi connectivity index (χ2n) is 6.00. The minimum absolute atomic E-state index is 0.559. The number of pyridine rings is 1. The molecule has 5 rings (SSSR count). The summed E-state index contributed by atoms with van der Waals surface area (Å²) in [6, 6.07) is 13.0. The summed E-state index contributed by atoms with van der Waals surface area (Å²) in [5, 5.41) is 15.8. The zero-order chi connectivity index (χ0) is 19.3. The third kappa shape index (κ3) is 2.79. The molecule has 0 radical (unpaired) electrons. The Hall–Kier alpha value is -2.74. The van der Waals surface area contributed by atoms with E-state index in [0.29, 0.717) is 25.8 Å². The van der Waals surface area contributed by atoms with E-state index in [0.717, 1.165) is 27.8 Å². The van der Waals surface area contributed by atoms with Crippen LogP contribution < -0.4 is 4.74 Å². The van der Waals surface area contributed by atoms with Gasteiger partial charge in [-0.05, 0) is 42.5 Å². The SMILES string of the molecule is COc1ccc(-c2nnc3sc(-c4cnc5ccc(Cl)cc5c4Cl)nn23)cc1. The maximum atomic E-state index is 6.64. The summed E-state index contributed by atoms with van der Waals surface area (Å²) < 4.78 is 6.91. The molecule has 6 nitrogen and oxygen atoms in total. The lowest BCUT2D eigenvalue weighted by atomic mass is 10.1. The molecule has 0 aliphatic heterocycles. The van der Waals surface area contributed by atoms with Gasteiger partial charge in [-0.25, -0.2) is 0 Å². The average molecular weight is 428 g/mol. The number of hydrogen-bond acceptors (Lipinski definition) is 6. The van der Waals surface area contributed by atoms with Crippen LogP contribution in [0, 0.1) is 0 Å². The summed E-state index contributed by atoms with van der Waals surface area (Å²) in [7, 11) is 1.63. The van der Waals surface area contributed by atoms with E-state index < -0.39 is 0 Å². The van der Waals surface area contributed by atoms with Crippen LogP contribution in [0.5, 0.6) is 5.75 Å². The molecule has 3 aromatic heterocycles. The van der Waals surface area contributed by atoms with Crippen molar-refractivity contribution in [1.82, 2.24) is 24.8 Å². The van der Waals surface area contributed by atoms with Crippen molar-refractivity contribution in [3.63, 3.8) is 0 Å². The van der Waals surface area contributed by atoms with E-state index in [1.165, 1.54) is 11.3 Å². The molecular formula is C19H11Cl2N5OS. The lowest BCUT2D eigenvalue weighted by molar-refractivity contribution is 0.415. The maximum Gasteiger partial charge on any atom is 0.235 e. The molecule has 0 aliphatic rings. The molecule has 3 heterocycles. The molecule has 9 heteroatoms. The lowest BCUT2D eigenvalue weighted by Crippen LogP contribution is -1.92. The number of hydrogen-bond donors (Lipinski definition) is 0. The van der Waals surface area contributed by atoms with Gasteiger partial charge in [0.15, 0.2) is 10.8 Å². The molecule has 28 heavy (non-hydrogen) atoms. The Kier molecular flexibility index (Phi) is 4.16. The molecule has 0 saturated heterocycles. The van der Waals surface area contributed by atoms with Crippen molar-refractivity contribution in [2.75, 3.05) is 7.11 Å². The number of rotatable bonds is 3. The maximum absolute atomic E-state index is 6.64. The van der Waals surface area contributed by atoms with Crippen molar-refractivity contribution in [3.05, 3.63) is 58.7 Å². The number of halogens is 2. The first-order valence-electron chi connectivity index (χ1n) is 8.25. The summed E-state index contributed by atoms with van der Waals surface area (Å²) in [6.45, 7) is 0. The largest absolute Gasteiger partial charge is 0.497 e. The van der Waals surface area contributed by atoms with E-state index in [4.69, 9.17) is 27.9 Å². The zero-order valence-electron chi connectivity index (χ0n) is 14.4. The smallest absolute Gasteiger partial charge is 0.235 e. The van der Waals surface area contributed by atoms with Crippen molar-refractivity contribution in [1.29, 1.82) is 0 Å². The van der Waals surface area contributed by atoms with Crippen LogP contribution in [0.2, 0.25) is 10.0 Å². The van der Waals surface area contributed by atoms with E-state index >= 15 is 0 Å². The first kappa shape index (κ1) is 17.4. The summed E-state index contributed by atoms with van der Waals surface area (Å²) in [5.41, 5.74) is 2.40. The van der Waals surface area contributed by atoms with Gasteiger partial charge in [-0.1, -0.05) is 34.5 Å². The van der Waals surface area contributed by atoms with Crippen LogP contribution in [0.15, 0.2) is 48.7 Å². The van der Waals surface area contributed by atoms with Crippen LogP contribution >= 0.6 is 34.5 Å². The monoisotopic (exact) mass is 427 g/mol. The highest BCUT2D eigenvalue weighted by Crippen LogP contribution is 2.36. The van der Waals surface area contributed by atoms with Gasteiger partial charge in [0.25, 0.3) is 0 Å². The summed E-state index contributed by atoms with van der Waals surface area (Å²) in [4.78, 5) is 5.15. The Morgan fingerprint density at radius 3 is 2.64 bits per heavy atom. The number of aromatic nitrogens is 5. The number of nitrogens with zero attached hydrogens (tertiary/aromatic N) is 5. The first-order chi connectivity index (χ1) is 13.6. The predicted molar refractivity (Wildman–Crippen MR) is 111 cm³/mol. The van der Waals surface area contributed by atoms with Gasteiger partial charge < -0.3 is 4.74 Å². The Morgan fingerprint density at radius 2 is 1.86 bits per heavy atom. The van der Waals surface area contributed by atoms with E-state index in [1.54, 1.807) is 30.0 Å². The normalized spacial score (nSPS) is 11.4. The number of benzene rings is 2. The molecule has 0 saturated carbocycles. The van der Waals surface area contributed by atoms with Crippen molar-refractivity contribution < 1.29 is 4.74 Å². The first-order valence-corrected chi connectivity index (χ1v) is 9.82. The third-order valence-corrected chi connectivity index (χ3v) is 5.91. The average Bonchev–Trinajstić information content (AvgIpc) is 3.29. The summed E-state index contributed by atoms with van der Waals surface area (Å²) in [6.07, 6.45) is 1.72. The Bertz CT molecular complexity index is 1330. The highest BCUT2D eigenvalue weighted by atomic mass is 35.5. The molecule has 0 spiro atoms. The molecule has 2 aromatic carbocycles. The van der Waals surface area contributed by atoms with E-state index in [9.17, 15) is 0 Å². The molecule has 5 aromatic rings. The summed E-state index contributed by atoms with van der Waals surface area (Å²) >= 11 is 14.2. The molecule has 138 valence electrons. The van der Waals surface area contributed by atoms with Crippen LogP contribution in [-0.4, -0.2) is 31.9 Å². The molecule has 0 bridgehead atoms. The quantitative estimate of drug-likeness (QED) is 0.386. The van der Waals surface area contributed by atoms with Gasteiger partial charge in [0.05, 0.1) is 23.2 Å². The van der Waals surface area contributed by atoms with Gasteiger partial charge in [-0.15, -0.1) is 10.2 Å². The summed E-state index contributed by atoms with van der Waals surface area (Å²) in [5.74, 6) is 1.42. The van der Waals surface area contributed by atoms with E-state index in [-0.39, 0.29) is 0 Å². The van der Waals surface area contributed by atoms with Gasteiger partial charge in [0.1, 0.15) is 5.75 Å². The minimum Gasteiger partial charge on any atom is -0.497 e. The second kappa shape index (κ2) is 6.70. The fourth-order valence-corrected chi connectivity index (χ4v) is 4.30. The van der Waals surface area contributed by atoms with Crippen molar-refractivity contribution in [2.24, 2.45) is 0 Å². The highest BCUT2D eigenvalue weighted by molar-refractivity contribution is 7.19. The highest BCUT2D eigenvalue weighted by Gasteiger charge is 2.18. The topological polar surface area (TPSA) is 65.2 Å². The van der Waals surface area contributed by atoms with Crippen LogP contribution in [-0.2, 0) is 0 Å². The second-order valence-corrected chi connectivity index (χ2v) is 7.77. The number of ether oxygens (including phenoxy) is 1. The molecule has 0 fully saturated rings. The van der Waals surface area contributed by atoms with Gasteiger partial charge >= 0.3 is 0 Å². The Balaban J connectivity index is 1.64. The van der Waals surface area contributed by atoms with Crippen molar-refractivity contribution >= 4 is 50.4 Å². The Labute approximate surface area is 173 Å². The zero-order valence-corrected chi connectivity index (χ0v) is 16.8. The number of fused-ring (bicyclic) bond motifs is 2. The van der Waals surface area contributed by atoms with Crippen molar-refractivity contribution in [3.8, 4) is 27.7 Å². The van der Waals surface area contributed by atoms with Crippen LogP contribution in [0.3, 0.4) is 0 Å². The molecule has 0 N–H and O–H groups in total. The predicted octanol–water partition coefficient (Wildman–Crippen LogP) is 5.38. The fourth-order valence-electron chi connectivity index (χ4n) is 2.93. The van der Waals surface area contributed by atoms with Crippen LogP contribution in [0.25, 0.3) is 37.8 Å². The lowest BCUT2D eigenvalue weighted by Gasteiger charge is -2.05.